The Balaban J connectivity index is 1.45. The highest BCUT2D eigenvalue weighted by atomic mass is 35.5. The highest BCUT2D eigenvalue weighted by molar-refractivity contribution is 6.32. The van der Waals surface area contributed by atoms with Crippen LogP contribution in [0.25, 0.3) is 10.8 Å². The van der Waals surface area contributed by atoms with Gasteiger partial charge >= 0.3 is 0 Å². The van der Waals surface area contributed by atoms with E-state index >= 15 is 0 Å². The molecule has 4 rings (SSSR count). The van der Waals surface area contributed by atoms with Crippen LogP contribution >= 0.6 is 11.6 Å². The van der Waals surface area contributed by atoms with Gasteiger partial charge in [0.1, 0.15) is 11.6 Å². The second kappa shape index (κ2) is 10.8. The number of hydrogen-bond acceptors (Lipinski definition) is 4. The van der Waals surface area contributed by atoms with E-state index in [1.807, 2.05) is 24.3 Å². The SMILES string of the molecule is O=C(NN=Cc1ccc(C(=O)NCCc2ccc(F)cc2)c2ccccc12)c1ccc(O)c(Cl)c1. The zero-order valence-electron chi connectivity index (χ0n) is 18.5. The lowest BCUT2D eigenvalue weighted by molar-refractivity contribution is 0.0947. The maximum absolute atomic E-state index is 13.0. The minimum absolute atomic E-state index is 0.0687. The van der Waals surface area contributed by atoms with E-state index in [2.05, 4.69) is 15.8 Å². The van der Waals surface area contributed by atoms with E-state index in [9.17, 15) is 19.1 Å². The summed E-state index contributed by atoms with van der Waals surface area (Å²) in [5.74, 6) is -1.11. The molecule has 0 saturated heterocycles. The fourth-order valence-corrected chi connectivity index (χ4v) is 3.75. The van der Waals surface area contributed by atoms with E-state index < -0.39 is 5.91 Å². The largest absolute Gasteiger partial charge is 0.506 e. The number of carbonyl (C=O) groups is 2. The lowest BCUT2D eigenvalue weighted by Gasteiger charge is -2.10. The van der Waals surface area contributed by atoms with Crippen molar-refractivity contribution in [3.63, 3.8) is 0 Å². The van der Waals surface area contributed by atoms with Gasteiger partial charge in [-0.25, -0.2) is 9.82 Å². The first kappa shape index (κ1) is 23.9. The summed E-state index contributed by atoms with van der Waals surface area (Å²) in [4.78, 5) is 25.1. The molecule has 0 aliphatic heterocycles. The van der Waals surface area contributed by atoms with Crippen molar-refractivity contribution >= 4 is 40.4 Å². The Hall–Kier alpha value is -4.23. The molecule has 2 amide bonds. The maximum atomic E-state index is 13.0. The summed E-state index contributed by atoms with van der Waals surface area (Å²) in [6.45, 7) is 0.412. The summed E-state index contributed by atoms with van der Waals surface area (Å²) in [5, 5.41) is 18.0. The predicted octanol–water partition coefficient (Wildman–Crippen LogP) is 5.07. The van der Waals surface area contributed by atoms with E-state index in [1.54, 1.807) is 24.3 Å². The third-order valence-corrected chi connectivity index (χ3v) is 5.70. The summed E-state index contributed by atoms with van der Waals surface area (Å²) < 4.78 is 13.0. The molecular weight excluding hydrogens is 469 g/mol. The minimum atomic E-state index is -0.482. The Morgan fingerprint density at radius 1 is 0.943 bits per heavy atom. The molecule has 0 aliphatic carbocycles. The molecule has 0 aromatic heterocycles. The Morgan fingerprint density at radius 2 is 1.69 bits per heavy atom. The standard InChI is InChI=1S/C27H21ClFN3O3/c28-24-15-18(8-12-25(24)33)26(34)32-31-16-19-7-11-23(22-4-2-1-3-21(19)22)27(35)30-14-13-17-5-9-20(29)10-6-17/h1-12,15-16,33H,13-14H2,(H,30,35)(H,32,34). The monoisotopic (exact) mass is 489 g/mol. The lowest BCUT2D eigenvalue weighted by atomic mass is 9.99. The predicted molar refractivity (Wildman–Crippen MR) is 135 cm³/mol. The molecule has 0 aliphatic rings. The molecule has 176 valence electrons. The van der Waals surface area contributed by atoms with Gasteiger partial charge in [-0.15, -0.1) is 0 Å². The normalized spacial score (nSPS) is 11.0. The molecule has 0 saturated carbocycles. The van der Waals surface area contributed by atoms with Gasteiger partial charge in [-0.1, -0.05) is 54.1 Å². The number of nitrogens with zero attached hydrogens (tertiary/aromatic N) is 1. The highest BCUT2D eigenvalue weighted by Crippen LogP contribution is 2.24. The van der Waals surface area contributed by atoms with Crippen molar-refractivity contribution in [2.75, 3.05) is 6.54 Å². The Labute approximate surface area is 206 Å². The first-order valence-corrected chi connectivity index (χ1v) is 11.2. The average Bonchev–Trinajstić information content (AvgIpc) is 2.86. The van der Waals surface area contributed by atoms with Crippen molar-refractivity contribution in [2.24, 2.45) is 5.10 Å². The van der Waals surface area contributed by atoms with Gasteiger partial charge in [0, 0.05) is 23.2 Å². The van der Waals surface area contributed by atoms with Crippen LogP contribution in [0.5, 0.6) is 5.75 Å². The summed E-state index contributed by atoms with van der Waals surface area (Å²) >= 11 is 5.85. The first-order valence-electron chi connectivity index (χ1n) is 10.8. The second-order valence-electron chi connectivity index (χ2n) is 7.75. The van der Waals surface area contributed by atoms with Gasteiger partial charge in [-0.2, -0.15) is 5.10 Å². The average molecular weight is 490 g/mol. The Morgan fingerprint density at radius 3 is 2.43 bits per heavy atom. The van der Waals surface area contributed by atoms with Crippen molar-refractivity contribution in [1.29, 1.82) is 0 Å². The Bertz CT molecular complexity index is 1420. The zero-order chi connectivity index (χ0) is 24.8. The van der Waals surface area contributed by atoms with Crippen molar-refractivity contribution in [3.8, 4) is 5.75 Å². The van der Waals surface area contributed by atoms with Crippen LogP contribution in [-0.2, 0) is 6.42 Å². The minimum Gasteiger partial charge on any atom is -0.506 e. The van der Waals surface area contributed by atoms with Crippen LogP contribution in [0.1, 0.15) is 31.8 Å². The number of phenolic OH excluding ortho intramolecular Hbond substituents is 1. The van der Waals surface area contributed by atoms with E-state index in [-0.39, 0.29) is 28.1 Å². The lowest BCUT2D eigenvalue weighted by Crippen LogP contribution is -2.26. The van der Waals surface area contributed by atoms with Crippen molar-refractivity contribution in [2.45, 2.75) is 6.42 Å². The summed E-state index contributed by atoms with van der Waals surface area (Å²) in [6.07, 6.45) is 2.08. The maximum Gasteiger partial charge on any atom is 0.271 e. The van der Waals surface area contributed by atoms with Gasteiger partial charge < -0.3 is 10.4 Å². The van der Waals surface area contributed by atoms with E-state index in [4.69, 9.17) is 11.6 Å². The van der Waals surface area contributed by atoms with Crippen molar-refractivity contribution in [1.82, 2.24) is 10.7 Å². The number of aromatic hydroxyl groups is 1. The number of hydrazone groups is 1. The van der Waals surface area contributed by atoms with Crippen LogP contribution < -0.4 is 10.7 Å². The summed E-state index contributed by atoms with van der Waals surface area (Å²) in [6, 6.07) is 21.2. The molecule has 0 atom stereocenters. The number of amides is 2. The third kappa shape index (κ3) is 5.83. The molecule has 0 radical (unpaired) electrons. The fourth-order valence-electron chi connectivity index (χ4n) is 3.57. The molecular formula is C27H21ClFN3O3. The fraction of sp³-hybridized carbons (Fsp3) is 0.0741. The zero-order valence-corrected chi connectivity index (χ0v) is 19.2. The number of rotatable bonds is 7. The first-order chi connectivity index (χ1) is 16.9. The molecule has 4 aromatic rings. The number of hydrogen-bond donors (Lipinski definition) is 3. The molecule has 0 heterocycles. The molecule has 0 unspecified atom stereocenters. The number of carbonyl (C=O) groups excluding carboxylic acids is 2. The number of benzene rings is 4. The van der Waals surface area contributed by atoms with E-state index in [0.29, 0.717) is 24.1 Å². The van der Waals surface area contributed by atoms with Crippen LogP contribution in [0.15, 0.2) is 84.0 Å². The second-order valence-corrected chi connectivity index (χ2v) is 8.15. The van der Waals surface area contributed by atoms with Gasteiger partial charge in [0.05, 0.1) is 11.2 Å². The number of halogens is 2. The van der Waals surface area contributed by atoms with Crippen LogP contribution in [0.3, 0.4) is 0 Å². The molecule has 4 aromatic carbocycles. The highest BCUT2D eigenvalue weighted by Gasteiger charge is 2.12. The van der Waals surface area contributed by atoms with Crippen LogP contribution in [-0.4, -0.2) is 29.7 Å². The molecule has 6 nitrogen and oxygen atoms in total. The quantitative estimate of drug-likeness (QED) is 0.250. The van der Waals surface area contributed by atoms with Crippen LogP contribution in [0.4, 0.5) is 4.39 Å². The molecule has 0 spiro atoms. The smallest absolute Gasteiger partial charge is 0.271 e. The molecule has 0 fully saturated rings. The Kier molecular flexibility index (Phi) is 7.38. The van der Waals surface area contributed by atoms with Gasteiger partial charge in [0.25, 0.3) is 11.8 Å². The topological polar surface area (TPSA) is 90.8 Å². The molecule has 0 bridgehead atoms. The molecule has 35 heavy (non-hydrogen) atoms. The van der Waals surface area contributed by atoms with Crippen LogP contribution in [0, 0.1) is 5.82 Å². The van der Waals surface area contributed by atoms with E-state index in [1.165, 1.54) is 36.5 Å². The van der Waals surface area contributed by atoms with Gasteiger partial charge in [0.2, 0.25) is 0 Å². The van der Waals surface area contributed by atoms with Crippen LogP contribution in [0.2, 0.25) is 5.02 Å². The van der Waals surface area contributed by atoms with Gasteiger partial charge in [-0.3, -0.25) is 9.59 Å². The molecule has 3 N–H and O–H groups in total. The van der Waals surface area contributed by atoms with Gasteiger partial charge in [0.15, 0.2) is 0 Å². The van der Waals surface area contributed by atoms with E-state index in [0.717, 1.165) is 16.3 Å². The molecule has 8 heteroatoms. The number of nitrogens with one attached hydrogen (secondary N) is 2. The summed E-state index contributed by atoms with van der Waals surface area (Å²) in [7, 11) is 0. The summed E-state index contributed by atoms with van der Waals surface area (Å²) in [5.41, 5.74) is 4.84. The third-order valence-electron chi connectivity index (χ3n) is 5.39. The number of phenols is 1. The van der Waals surface area contributed by atoms with Crippen molar-refractivity contribution in [3.05, 3.63) is 112 Å². The number of fused-ring (bicyclic) bond motifs is 1. The van der Waals surface area contributed by atoms with Gasteiger partial charge in [-0.05, 0) is 59.2 Å². The van der Waals surface area contributed by atoms with Crippen molar-refractivity contribution < 1.29 is 19.1 Å².